The molecule has 3 heterocycles. The quantitative estimate of drug-likeness (QED) is 0.643. The van der Waals surface area contributed by atoms with Gasteiger partial charge in [-0.05, 0) is 38.3 Å². The molecule has 0 amide bonds. The average molecular weight is 459 g/mol. The molecule has 3 aromatic rings. The zero-order valence-electron chi connectivity index (χ0n) is 18.3. The van der Waals surface area contributed by atoms with Gasteiger partial charge in [0.05, 0.1) is 18.2 Å². The molecule has 0 saturated carbocycles. The van der Waals surface area contributed by atoms with Crippen LogP contribution in [0.3, 0.4) is 0 Å². The predicted octanol–water partition coefficient (Wildman–Crippen LogP) is 3.04. The Morgan fingerprint density at radius 1 is 1.27 bits per heavy atom. The topological polar surface area (TPSA) is 106 Å². The largest absolute Gasteiger partial charge is 0.449 e. The minimum absolute atomic E-state index is 0.0253. The van der Waals surface area contributed by atoms with Crippen molar-refractivity contribution in [1.82, 2.24) is 19.1 Å². The maximum absolute atomic E-state index is 13.7. The second-order valence-corrected chi connectivity index (χ2v) is 8.49. The first-order chi connectivity index (χ1) is 15.6. The van der Waals surface area contributed by atoms with E-state index < -0.39 is 23.6 Å². The Morgan fingerprint density at radius 3 is 2.64 bits per heavy atom. The van der Waals surface area contributed by atoms with Crippen molar-refractivity contribution < 1.29 is 13.2 Å². The van der Waals surface area contributed by atoms with E-state index in [0.29, 0.717) is 24.2 Å². The van der Waals surface area contributed by atoms with Gasteiger partial charge in [-0.15, -0.1) is 0 Å². The first-order valence-electron chi connectivity index (χ1n) is 10.7. The molecule has 1 unspecified atom stereocenters. The number of nitrogens with two attached hydrogens (primary N) is 1. The molecule has 11 heteroatoms. The van der Waals surface area contributed by atoms with Crippen molar-refractivity contribution >= 4 is 17.1 Å². The molecule has 8 nitrogen and oxygen atoms in total. The normalized spacial score (nSPS) is 17.0. The van der Waals surface area contributed by atoms with Crippen molar-refractivity contribution in [2.24, 2.45) is 5.73 Å². The molecule has 1 aliphatic rings. The summed E-state index contributed by atoms with van der Waals surface area (Å²) in [6, 6.07) is 8.09. The van der Waals surface area contributed by atoms with Crippen molar-refractivity contribution in [2.45, 2.75) is 51.5 Å². The number of aromatic nitrogens is 4. The lowest BCUT2D eigenvalue weighted by Gasteiger charge is -2.33. The number of benzene rings is 1. The number of fused-ring (bicyclic) bond motifs is 1. The first-order valence-corrected chi connectivity index (χ1v) is 10.7. The van der Waals surface area contributed by atoms with Crippen molar-refractivity contribution in [2.75, 3.05) is 18.0 Å². The van der Waals surface area contributed by atoms with Crippen LogP contribution in [-0.4, -0.2) is 38.2 Å². The highest BCUT2D eigenvalue weighted by molar-refractivity contribution is 5.73. The van der Waals surface area contributed by atoms with E-state index >= 15 is 0 Å². The van der Waals surface area contributed by atoms with Gasteiger partial charge in [-0.2, -0.15) is 23.4 Å². The van der Waals surface area contributed by atoms with E-state index in [1.807, 2.05) is 4.90 Å². The molecule has 0 aliphatic carbocycles. The lowest BCUT2D eigenvalue weighted by Crippen LogP contribution is -2.45. The summed E-state index contributed by atoms with van der Waals surface area (Å²) in [7, 11) is 0. The van der Waals surface area contributed by atoms with E-state index in [0.717, 1.165) is 17.4 Å². The van der Waals surface area contributed by atoms with Gasteiger partial charge in [0.1, 0.15) is 0 Å². The highest BCUT2D eigenvalue weighted by Crippen LogP contribution is 2.33. The number of piperidine rings is 1. The fraction of sp³-hybridized carbons (Fsp3) is 0.455. The van der Waals surface area contributed by atoms with Gasteiger partial charge in [0.15, 0.2) is 11.2 Å². The molecule has 2 N–H and O–H groups in total. The van der Waals surface area contributed by atoms with E-state index in [2.05, 4.69) is 16.0 Å². The van der Waals surface area contributed by atoms with Crippen LogP contribution in [0.4, 0.5) is 19.1 Å². The minimum Gasteiger partial charge on any atom is -0.341 e. The van der Waals surface area contributed by atoms with Gasteiger partial charge in [0.25, 0.3) is 5.56 Å². The Morgan fingerprint density at radius 2 is 2.00 bits per heavy atom. The molecule has 0 bridgehead atoms. The fourth-order valence-corrected chi connectivity index (χ4v) is 4.25. The number of nitriles is 1. The van der Waals surface area contributed by atoms with Gasteiger partial charge in [-0.25, -0.2) is 4.98 Å². The summed E-state index contributed by atoms with van der Waals surface area (Å²) in [5.41, 5.74) is 5.92. The monoisotopic (exact) mass is 459 g/mol. The number of alkyl halides is 3. The summed E-state index contributed by atoms with van der Waals surface area (Å²) in [6.07, 6.45) is -3.17. The number of rotatable bonds is 4. The Bertz CT molecular complexity index is 1290. The van der Waals surface area contributed by atoms with E-state index in [1.54, 1.807) is 38.1 Å². The van der Waals surface area contributed by atoms with E-state index in [9.17, 15) is 23.2 Å². The smallest absolute Gasteiger partial charge is 0.341 e. The summed E-state index contributed by atoms with van der Waals surface area (Å²) in [6.45, 7) is 4.13. The second-order valence-electron chi connectivity index (χ2n) is 8.49. The maximum Gasteiger partial charge on any atom is 0.449 e. The molecule has 2 aromatic heterocycles. The molecule has 1 atom stereocenters. The van der Waals surface area contributed by atoms with Gasteiger partial charge in [-0.1, -0.05) is 18.2 Å². The summed E-state index contributed by atoms with van der Waals surface area (Å²) >= 11 is 0. The molecule has 33 heavy (non-hydrogen) atoms. The van der Waals surface area contributed by atoms with Crippen LogP contribution in [0.5, 0.6) is 0 Å². The third-order valence-corrected chi connectivity index (χ3v) is 5.76. The van der Waals surface area contributed by atoms with Crippen LogP contribution in [-0.2, 0) is 12.7 Å². The first kappa shape index (κ1) is 22.8. The van der Waals surface area contributed by atoms with Crippen molar-refractivity contribution in [1.29, 1.82) is 5.26 Å². The molecule has 0 radical (unpaired) electrons. The zero-order chi connectivity index (χ0) is 23.9. The van der Waals surface area contributed by atoms with Crippen molar-refractivity contribution in [3.63, 3.8) is 0 Å². The fourth-order valence-electron chi connectivity index (χ4n) is 4.25. The lowest BCUT2D eigenvalue weighted by molar-refractivity contribution is -0.147. The highest BCUT2D eigenvalue weighted by Gasteiger charge is 2.40. The van der Waals surface area contributed by atoms with Crippen LogP contribution in [0.1, 0.15) is 49.7 Å². The van der Waals surface area contributed by atoms with Gasteiger partial charge in [-0.3, -0.25) is 9.36 Å². The van der Waals surface area contributed by atoms with Crippen LogP contribution >= 0.6 is 0 Å². The Labute approximate surface area is 188 Å². The average Bonchev–Trinajstić information content (AvgIpc) is 3.16. The van der Waals surface area contributed by atoms with Crippen LogP contribution < -0.4 is 16.2 Å². The SMILES string of the molecule is CC(C)n1c(C(F)(F)F)nc2c(=O)n(Cc3ccccc3C#N)c(N3CCCC(N)C3)nc21. The summed E-state index contributed by atoms with van der Waals surface area (Å²) in [5.74, 6) is -0.931. The standard InChI is InChI=1S/C22H24F3N7O/c1-13(2)32-18-17(28-20(32)22(23,24)25)19(33)31(11-15-7-4-3-6-14(15)10-26)21(29-18)30-9-5-8-16(27)12-30/h3-4,6-7,13,16H,5,8-9,11-12,27H2,1-2H3. The maximum atomic E-state index is 13.7. The highest BCUT2D eigenvalue weighted by atomic mass is 19.4. The number of hydrogen-bond acceptors (Lipinski definition) is 6. The molecule has 1 aliphatic heterocycles. The summed E-state index contributed by atoms with van der Waals surface area (Å²) < 4.78 is 43.5. The zero-order valence-corrected chi connectivity index (χ0v) is 18.3. The third-order valence-electron chi connectivity index (χ3n) is 5.76. The molecule has 0 spiro atoms. The molecule has 1 saturated heterocycles. The van der Waals surface area contributed by atoms with Gasteiger partial charge in [0, 0.05) is 25.2 Å². The Kier molecular flexibility index (Phi) is 5.88. The predicted molar refractivity (Wildman–Crippen MR) is 117 cm³/mol. The van der Waals surface area contributed by atoms with Gasteiger partial charge in [0.2, 0.25) is 11.8 Å². The Balaban J connectivity index is 2.00. The van der Waals surface area contributed by atoms with E-state index in [4.69, 9.17) is 5.73 Å². The number of hydrogen-bond donors (Lipinski definition) is 1. The number of anilines is 1. The van der Waals surface area contributed by atoms with Crippen molar-refractivity contribution in [3.05, 3.63) is 51.6 Å². The second kappa shape index (κ2) is 8.51. The minimum atomic E-state index is -4.75. The molecule has 1 fully saturated rings. The number of halogens is 3. The summed E-state index contributed by atoms with van der Waals surface area (Å²) in [4.78, 5) is 23.6. The number of nitrogens with zero attached hydrogens (tertiary/aromatic N) is 6. The van der Waals surface area contributed by atoms with Crippen LogP contribution in [0, 0.1) is 11.3 Å². The van der Waals surface area contributed by atoms with Crippen LogP contribution in [0.25, 0.3) is 11.2 Å². The van der Waals surface area contributed by atoms with Gasteiger partial charge >= 0.3 is 6.18 Å². The Hall–Kier alpha value is -3.39. The molecule has 1 aromatic carbocycles. The third kappa shape index (κ3) is 4.18. The number of imidazole rings is 1. The van der Waals surface area contributed by atoms with E-state index in [1.165, 1.54) is 4.57 Å². The van der Waals surface area contributed by atoms with Gasteiger partial charge < -0.3 is 15.2 Å². The van der Waals surface area contributed by atoms with Crippen LogP contribution in [0.2, 0.25) is 0 Å². The van der Waals surface area contributed by atoms with Crippen molar-refractivity contribution in [3.8, 4) is 6.07 Å². The van der Waals surface area contributed by atoms with E-state index in [-0.39, 0.29) is 29.7 Å². The molecular formula is C22H24F3N7O. The van der Waals surface area contributed by atoms with Crippen LogP contribution in [0.15, 0.2) is 29.1 Å². The lowest BCUT2D eigenvalue weighted by atomic mass is 10.1. The molecular weight excluding hydrogens is 435 g/mol. The molecule has 174 valence electrons. The molecule has 4 rings (SSSR count). The summed E-state index contributed by atoms with van der Waals surface area (Å²) in [5, 5.41) is 9.46.